The quantitative estimate of drug-likeness (QED) is 0.430. The number of phenolic OH excluding ortho intramolecular Hbond substituents is 1. The van der Waals surface area contributed by atoms with E-state index in [1.807, 2.05) is 0 Å². The molecule has 1 aromatic heterocycles. The van der Waals surface area contributed by atoms with Gasteiger partial charge in [-0.25, -0.2) is 13.8 Å². The number of hydrogen-bond acceptors (Lipinski definition) is 5. The highest BCUT2D eigenvalue weighted by Gasteiger charge is 2.18. The molecule has 0 saturated carbocycles. The third-order valence-corrected chi connectivity index (χ3v) is 5.54. The lowest BCUT2D eigenvalue weighted by atomic mass is 10.2. The van der Waals surface area contributed by atoms with Crippen molar-refractivity contribution >= 4 is 11.6 Å². The summed E-state index contributed by atoms with van der Waals surface area (Å²) in [6, 6.07) is 16.9. The van der Waals surface area contributed by atoms with Crippen molar-refractivity contribution in [2.24, 2.45) is 7.05 Å². The third kappa shape index (κ3) is 4.53. The van der Waals surface area contributed by atoms with E-state index in [9.17, 15) is 19.1 Å². The van der Waals surface area contributed by atoms with E-state index in [1.165, 1.54) is 23.7 Å². The first kappa shape index (κ1) is 23.1. The average molecular weight is 483 g/mol. The van der Waals surface area contributed by atoms with E-state index < -0.39 is 17.1 Å². The Morgan fingerprint density at radius 3 is 2.38 bits per heavy atom. The number of halogens is 2. The Hall–Kier alpha value is -4.04. The zero-order valence-corrected chi connectivity index (χ0v) is 19.0. The number of aryl methyl sites for hydroxylation is 1. The van der Waals surface area contributed by atoms with Gasteiger partial charge in [0.05, 0.1) is 10.7 Å². The molecule has 1 heterocycles. The fourth-order valence-electron chi connectivity index (χ4n) is 3.29. The van der Waals surface area contributed by atoms with Crippen molar-refractivity contribution < 1.29 is 19.0 Å². The van der Waals surface area contributed by atoms with Gasteiger partial charge in [-0.3, -0.25) is 4.79 Å². The molecule has 0 aliphatic rings. The number of aromatic nitrogens is 2. The van der Waals surface area contributed by atoms with Gasteiger partial charge < -0.3 is 19.1 Å². The minimum absolute atomic E-state index is 0.0196. The predicted octanol–water partition coefficient (Wildman–Crippen LogP) is 4.71. The molecular formula is C25H20ClFN2O5. The number of hydrogen-bond donors (Lipinski definition) is 1. The largest absolute Gasteiger partial charge is 0.508 e. The van der Waals surface area contributed by atoms with Crippen LogP contribution in [0.25, 0.3) is 5.69 Å². The summed E-state index contributed by atoms with van der Waals surface area (Å²) in [5.74, 6) is -0.134. The summed E-state index contributed by atoms with van der Waals surface area (Å²) in [7, 11) is 1.48. The molecule has 34 heavy (non-hydrogen) atoms. The molecule has 3 aromatic carbocycles. The molecule has 0 fully saturated rings. The Balaban J connectivity index is 1.71. The second-order valence-corrected chi connectivity index (χ2v) is 7.91. The predicted molar refractivity (Wildman–Crippen MR) is 126 cm³/mol. The SMILES string of the molecule is Cc1cc(=O)n(-c2cc(Oc3ccccc3OCc3ccccc3O)c(Cl)cc2F)c(=O)n1C. The summed E-state index contributed by atoms with van der Waals surface area (Å²) < 4.78 is 28.4. The third-order valence-electron chi connectivity index (χ3n) is 5.25. The van der Waals surface area contributed by atoms with Gasteiger partial charge in [0, 0.05) is 30.4 Å². The summed E-state index contributed by atoms with van der Waals surface area (Å²) in [5.41, 5.74) is -0.665. The molecule has 0 radical (unpaired) electrons. The van der Waals surface area contributed by atoms with Crippen molar-refractivity contribution in [3.05, 3.63) is 110 Å². The molecule has 0 atom stereocenters. The fourth-order valence-corrected chi connectivity index (χ4v) is 3.47. The molecule has 0 aliphatic carbocycles. The van der Waals surface area contributed by atoms with Crippen molar-refractivity contribution in [1.29, 1.82) is 0 Å². The zero-order chi connectivity index (χ0) is 24.4. The number of nitrogens with zero attached hydrogens (tertiary/aromatic N) is 2. The van der Waals surface area contributed by atoms with E-state index >= 15 is 0 Å². The van der Waals surface area contributed by atoms with Gasteiger partial charge in [-0.2, -0.15) is 0 Å². The van der Waals surface area contributed by atoms with Gasteiger partial charge in [-0.1, -0.05) is 41.9 Å². The van der Waals surface area contributed by atoms with Crippen molar-refractivity contribution in [2.75, 3.05) is 0 Å². The van der Waals surface area contributed by atoms with E-state index in [-0.39, 0.29) is 34.6 Å². The highest BCUT2D eigenvalue weighted by molar-refractivity contribution is 6.32. The van der Waals surface area contributed by atoms with Gasteiger partial charge in [-0.05, 0) is 31.2 Å². The smallest absolute Gasteiger partial charge is 0.335 e. The van der Waals surface area contributed by atoms with Gasteiger partial charge in [0.25, 0.3) is 5.56 Å². The van der Waals surface area contributed by atoms with Crippen molar-refractivity contribution in [1.82, 2.24) is 9.13 Å². The number of ether oxygens (including phenoxy) is 2. The van der Waals surface area contributed by atoms with Crippen LogP contribution >= 0.6 is 11.6 Å². The van der Waals surface area contributed by atoms with Crippen LogP contribution in [0.15, 0.2) is 76.3 Å². The van der Waals surface area contributed by atoms with E-state index in [1.54, 1.807) is 55.5 Å². The van der Waals surface area contributed by atoms with Crippen LogP contribution in [0.4, 0.5) is 4.39 Å². The standard InChI is InChI=1S/C25H20ClFN2O5/c1-15-11-24(31)29(25(32)28(15)2)19-13-23(17(26)12-18(19)27)34-22-10-6-5-9-21(22)33-14-16-7-3-4-8-20(16)30/h3-13,30H,14H2,1-2H3. The molecule has 0 amide bonds. The maximum absolute atomic E-state index is 14.8. The monoisotopic (exact) mass is 482 g/mol. The maximum atomic E-state index is 14.8. The van der Waals surface area contributed by atoms with Crippen LogP contribution in [0.3, 0.4) is 0 Å². The Labute approximate surface area is 198 Å². The number of rotatable bonds is 6. The summed E-state index contributed by atoms with van der Waals surface area (Å²) in [6.45, 7) is 1.68. The van der Waals surface area contributed by atoms with Crippen LogP contribution in [0.2, 0.25) is 5.02 Å². The van der Waals surface area contributed by atoms with E-state index in [4.69, 9.17) is 21.1 Å². The molecule has 4 aromatic rings. The van der Waals surface area contributed by atoms with Gasteiger partial charge in [0.1, 0.15) is 23.9 Å². The molecule has 9 heteroatoms. The summed E-state index contributed by atoms with van der Waals surface area (Å²) in [6.07, 6.45) is 0. The number of aromatic hydroxyl groups is 1. The molecule has 1 N–H and O–H groups in total. The van der Waals surface area contributed by atoms with Gasteiger partial charge in [-0.15, -0.1) is 0 Å². The topological polar surface area (TPSA) is 82.7 Å². The lowest BCUT2D eigenvalue weighted by Crippen LogP contribution is -2.38. The molecule has 0 aliphatic heterocycles. The maximum Gasteiger partial charge on any atom is 0.335 e. The van der Waals surface area contributed by atoms with Crippen molar-refractivity contribution in [3.8, 4) is 28.7 Å². The first-order valence-corrected chi connectivity index (χ1v) is 10.6. The number of benzene rings is 3. The fraction of sp³-hybridized carbons (Fsp3) is 0.120. The first-order valence-electron chi connectivity index (χ1n) is 10.2. The van der Waals surface area contributed by atoms with Crippen molar-refractivity contribution in [2.45, 2.75) is 13.5 Å². The Kier molecular flexibility index (Phi) is 6.43. The highest BCUT2D eigenvalue weighted by Crippen LogP contribution is 2.37. The summed E-state index contributed by atoms with van der Waals surface area (Å²) in [4.78, 5) is 25.2. The van der Waals surface area contributed by atoms with Crippen LogP contribution in [0.5, 0.6) is 23.0 Å². The molecule has 174 valence electrons. The molecule has 7 nitrogen and oxygen atoms in total. The highest BCUT2D eigenvalue weighted by atomic mass is 35.5. The molecule has 0 unspecified atom stereocenters. The number of phenols is 1. The van der Waals surface area contributed by atoms with Crippen LogP contribution in [0, 0.1) is 12.7 Å². The second-order valence-electron chi connectivity index (χ2n) is 7.50. The molecular weight excluding hydrogens is 463 g/mol. The van der Waals surface area contributed by atoms with Gasteiger partial charge in [0.15, 0.2) is 11.5 Å². The molecule has 4 rings (SSSR count). The van der Waals surface area contributed by atoms with Crippen LogP contribution in [0.1, 0.15) is 11.3 Å². The molecule has 0 bridgehead atoms. The van der Waals surface area contributed by atoms with Gasteiger partial charge >= 0.3 is 5.69 Å². The molecule has 0 saturated heterocycles. The lowest BCUT2D eigenvalue weighted by molar-refractivity contribution is 0.286. The van der Waals surface area contributed by atoms with Gasteiger partial charge in [0.2, 0.25) is 0 Å². The summed E-state index contributed by atoms with van der Waals surface area (Å²) in [5, 5.41) is 9.89. The minimum atomic E-state index is -0.857. The zero-order valence-electron chi connectivity index (χ0n) is 18.3. The lowest BCUT2D eigenvalue weighted by Gasteiger charge is -2.15. The second kappa shape index (κ2) is 9.44. The van der Waals surface area contributed by atoms with Crippen molar-refractivity contribution in [3.63, 3.8) is 0 Å². The Morgan fingerprint density at radius 2 is 1.65 bits per heavy atom. The van der Waals surface area contributed by atoms with Crippen LogP contribution in [-0.2, 0) is 13.7 Å². The minimum Gasteiger partial charge on any atom is -0.508 e. The van der Waals surface area contributed by atoms with Crippen LogP contribution < -0.4 is 20.7 Å². The van der Waals surface area contributed by atoms with Crippen LogP contribution in [-0.4, -0.2) is 14.2 Å². The first-order chi connectivity index (χ1) is 16.3. The van der Waals surface area contributed by atoms with E-state index in [2.05, 4.69) is 0 Å². The average Bonchev–Trinajstić information content (AvgIpc) is 2.80. The normalized spacial score (nSPS) is 10.8. The molecule has 0 spiro atoms. The Bertz CT molecular complexity index is 1500. The summed E-state index contributed by atoms with van der Waals surface area (Å²) >= 11 is 6.21. The number of para-hydroxylation sites is 3. The van der Waals surface area contributed by atoms with E-state index in [0.29, 0.717) is 21.6 Å². The Morgan fingerprint density at radius 1 is 0.971 bits per heavy atom. The van der Waals surface area contributed by atoms with E-state index in [0.717, 1.165) is 6.07 Å².